The maximum atomic E-state index is 9.84. The number of rotatable bonds is 1. The van der Waals surface area contributed by atoms with Crippen molar-refractivity contribution in [3.8, 4) is 0 Å². The van der Waals surface area contributed by atoms with Gasteiger partial charge in [0.1, 0.15) is 0 Å². The fraction of sp³-hybridized carbons (Fsp3) is 0.667. The molecule has 43 valence electrons. The molecule has 1 unspecified atom stereocenters. The van der Waals surface area contributed by atoms with Crippen molar-refractivity contribution in [2.75, 3.05) is 0 Å². The third kappa shape index (κ3) is 0.749. The molecule has 0 amide bonds. The Labute approximate surface area is 45.5 Å². The van der Waals surface area contributed by atoms with Crippen LogP contribution in [0.3, 0.4) is 0 Å². The number of nitrogens with zero attached hydrogens (tertiary/aromatic N) is 2. The SMILES string of the molecule is O=[N+]([O-])C1C[C]=NN1. The van der Waals surface area contributed by atoms with Gasteiger partial charge in [0.15, 0.2) is 0 Å². The van der Waals surface area contributed by atoms with Crippen LogP contribution in [0.25, 0.3) is 0 Å². The van der Waals surface area contributed by atoms with Gasteiger partial charge in [-0.1, -0.05) is 0 Å². The fourth-order valence-corrected chi connectivity index (χ4v) is 0.420. The van der Waals surface area contributed by atoms with Gasteiger partial charge in [0, 0.05) is 4.92 Å². The molecular formula is C3H4N3O2. The van der Waals surface area contributed by atoms with Crippen molar-refractivity contribution in [1.82, 2.24) is 5.43 Å². The van der Waals surface area contributed by atoms with Crippen LogP contribution in [0.1, 0.15) is 6.42 Å². The molecule has 1 aliphatic heterocycles. The highest BCUT2D eigenvalue weighted by atomic mass is 16.6. The second-order valence-corrected chi connectivity index (χ2v) is 1.40. The molecule has 1 aliphatic rings. The summed E-state index contributed by atoms with van der Waals surface area (Å²) in [5, 5.41) is 13.2. The summed E-state index contributed by atoms with van der Waals surface area (Å²) < 4.78 is 0. The van der Waals surface area contributed by atoms with E-state index in [1.165, 1.54) is 0 Å². The number of hydrogen-bond donors (Lipinski definition) is 1. The van der Waals surface area contributed by atoms with E-state index >= 15 is 0 Å². The lowest BCUT2D eigenvalue weighted by atomic mass is 10.4. The second-order valence-electron chi connectivity index (χ2n) is 1.40. The van der Waals surface area contributed by atoms with E-state index in [1.807, 2.05) is 0 Å². The third-order valence-electron chi connectivity index (χ3n) is 0.832. The molecule has 0 spiro atoms. The quantitative estimate of drug-likeness (QED) is 0.367. The van der Waals surface area contributed by atoms with Crippen LogP contribution in [0.2, 0.25) is 0 Å². The Morgan fingerprint density at radius 2 is 2.75 bits per heavy atom. The third-order valence-corrected chi connectivity index (χ3v) is 0.832. The van der Waals surface area contributed by atoms with Crippen molar-refractivity contribution in [3.63, 3.8) is 0 Å². The molecule has 0 aromatic carbocycles. The predicted octanol–water partition coefficient (Wildman–Crippen LogP) is -0.555. The Balaban J connectivity index is 2.41. The first-order valence-corrected chi connectivity index (χ1v) is 2.12. The zero-order valence-corrected chi connectivity index (χ0v) is 4.00. The monoisotopic (exact) mass is 114 g/mol. The van der Waals surface area contributed by atoms with Gasteiger partial charge in [0.25, 0.3) is 0 Å². The molecule has 1 atom stereocenters. The van der Waals surface area contributed by atoms with Crippen molar-refractivity contribution < 1.29 is 4.92 Å². The minimum Gasteiger partial charge on any atom is -0.262 e. The van der Waals surface area contributed by atoms with Crippen molar-refractivity contribution in [2.24, 2.45) is 5.10 Å². The first-order chi connectivity index (χ1) is 3.80. The highest BCUT2D eigenvalue weighted by Gasteiger charge is 2.20. The Hall–Kier alpha value is -1.13. The van der Waals surface area contributed by atoms with E-state index in [2.05, 4.69) is 16.7 Å². The van der Waals surface area contributed by atoms with Crippen molar-refractivity contribution >= 4 is 6.21 Å². The van der Waals surface area contributed by atoms with Crippen LogP contribution in [0.15, 0.2) is 5.10 Å². The lowest BCUT2D eigenvalue weighted by Crippen LogP contribution is -2.28. The number of nitro groups is 1. The molecule has 1 heterocycles. The maximum Gasteiger partial charge on any atom is 0.304 e. The van der Waals surface area contributed by atoms with Crippen LogP contribution >= 0.6 is 0 Å². The lowest BCUT2D eigenvalue weighted by molar-refractivity contribution is -0.525. The van der Waals surface area contributed by atoms with Crippen molar-refractivity contribution in [2.45, 2.75) is 12.6 Å². The normalized spacial score (nSPS) is 25.2. The summed E-state index contributed by atoms with van der Waals surface area (Å²) in [7, 11) is 0. The number of nitrogens with one attached hydrogen (secondary N) is 1. The van der Waals surface area contributed by atoms with Gasteiger partial charge in [-0.05, 0) is 0 Å². The molecule has 5 nitrogen and oxygen atoms in total. The van der Waals surface area contributed by atoms with Gasteiger partial charge in [0.2, 0.25) is 0 Å². The predicted molar refractivity (Wildman–Crippen MR) is 26.0 cm³/mol. The van der Waals surface area contributed by atoms with Crippen LogP contribution in [0, 0.1) is 10.1 Å². The molecule has 0 aliphatic carbocycles. The first-order valence-electron chi connectivity index (χ1n) is 2.12. The highest BCUT2D eigenvalue weighted by molar-refractivity contribution is 5.59. The number of hydrogen-bond acceptors (Lipinski definition) is 4. The molecular weight excluding hydrogens is 110 g/mol. The van der Waals surface area contributed by atoms with Crippen molar-refractivity contribution in [1.29, 1.82) is 0 Å². The molecule has 0 saturated heterocycles. The first kappa shape index (κ1) is 5.02. The maximum absolute atomic E-state index is 9.84. The molecule has 8 heavy (non-hydrogen) atoms. The van der Waals surface area contributed by atoms with Gasteiger partial charge in [-0.15, -0.1) is 0 Å². The van der Waals surface area contributed by atoms with Crippen molar-refractivity contribution in [3.05, 3.63) is 10.1 Å². The van der Waals surface area contributed by atoms with E-state index in [0.717, 1.165) is 0 Å². The summed E-state index contributed by atoms with van der Waals surface area (Å²) >= 11 is 0. The molecule has 0 aromatic rings. The Kier molecular flexibility index (Phi) is 1.11. The van der Waals surface area contributed by atoms with E-state index in [-0.39, 0.29) is 6.42 Å². The minimum absolute atomic E-state index is 0.271. The van der Waals surface area contributed by atoms with Crippen LogP contribution in [-0.2, 0) is 0 Å². The number of hydrazone groups is 1. The summed E-state index contributed by atoms with van der Waals surface area (Å²) in [6.45, 7) is 0. The van der Waals surface area contributed by atoms with Gasteiger partial charge in [-0.25, -0.2) is 5.43 Å². The summed E-state index contributed by atoms with van der Waals surface area (Å²) in [6, 6.07) is 0. The average Bonchev–Trinajstić information content (AvgIpc) is 2.12. The molecule has 1 N–H and O–H groups in total. The minimum atomic E-state index is -0.741. The van der Waals surface area contributed by atoms with Crippen LogP contribution < -0.4 is 5.43 Å². The molecule has 0 aromatic heterocycles. The summed E-state index contributed by atoms with van der Waals surface area (Å²) in [5.41, 5.74) is 2.27. The van der Waals surface area contributed by atoms with Gasteiger partial charge in [-0.2, -0.15) is 5.10 Å². The smallest absolute Gasteiger partial charge is 0.262 e. The molecule has 1 rings (SSSR count). The fourth-order valence-electron chi connectivity index (χ4n) is 0.420. The summed E-state index contributed by atoms with van der Waals surface area (Å²) in [6.07, 6.45) is 1.96. The second kappa shape index (κ2) is 1.77. The van der Waals surface area contributed by atoms with Gasteiger partial charge in [0.05, 0.1) is 12.6 Å². The van der Waals surface area contributed by atoms with Crippen LogP contribution in [0.5, 0.6) is 0 Å². The van der Waals surface area contributed by atoms with Crippen LogP contribution in [0.4, 0.5) is 0 Å². The Bertz CT molecular complexity index is 124. The van der Waals surface area contributed by atoms with Gasteiger partial charge in [-0.3, -0.25) is 10.1 Å². The molecule has 0 fully saturated rings. The zero-order valence-electron chi connectivity index (χ0n) is 4.00. The molecule has 0 bridgehead atoms. The largest absolute Gasteiger partial charge is 0.304 e. The topological polar surface area (TPSA) is 67.5 Å². The van der Waals surface area contributed by atoms with E-state index < -0.39 is 11.1 Å². The summed E-state index contributed by atoms with van der Waals surface area (Å²) in [5.74, 6) is 0. The summed E-state index contributed by atoms with van der Waals surface area (Å²) in [4.78, 5) is 9.42. The Morgan fingerprint density at radius 3 is 3.00 bits per heavy atom. The van der Waals surface area contributed by atoms with E-state index in [4.69, 9.17) is 0 Å². The van der Waals surface area contributed by atoms with Crippen LogP contribution in [-0.4, -0.2) is 17.3 Å². The molecule has 5 heteroatoms. The average molecular weight is 114 g/mol. The Morgan fingerprint density at radius 1 is 2.00 bits per heavy atom. The van der Waals surface area contributed by atoms with E-state index in [9.17, 15) is 10.1 Å². The van der Waals surface area contributed by atoms with Gasteiger partial charge >= 0.3 is 6.17 Å². The molecule has 0 saturated carbocycles. The van der Waals surface area contributed by atoms with Gasteiger partial charge < -0.3 is 0 Å². The molecule has 1 radical (unpaired) electrons. The standard InChI is InChI=1S/C3H4N3O2/c7-6(8)3-1-2-4-5-3/h3,5H,1H2. The van der Waals surface area contributed by atoms with E-state index in [0.29, 0.717) is 0 Å². The highest BCUT2D eigenvalue weighted by Crippen LogP contribution is 1.94. The van der Waals surface area contributed by atoms with E-state index in [1.54, 1.807) is 0 Å². The lowest BCUT2D eigenvalue weighted by Gasteiger charge is -1.96. The zero-order chi connectivity index (χ0) is 5.98.